The highest BCUT2D eigenvalue weighted by atomic mass is 15.2. The molecule has 1 rings (SSSR count). The largest absolute Gasteiger partial charge is 0.311 e. The lowest BCUT2D eigenvalue weighted by atomic mass is 9.92. The first kappa shape index (κ1) is 14.9. The van der Waals surface area contributed by atoms with Crippen LogP contribution in [0.3, 0.4) is 0 Å². The molecule has 0 bridgehead atoms. The van der Waals surface area contributed by atoms with E-state index in [1.807, 2.05) is 0 Å². The summed E-state index contributed by atoms with van der Waals surface area (Å²) in [6, 6.07) is 1.29. The lowest BCUT2D eigenvalue weighted by molar-refractivity contribution is 0.148. The van der Waals surface area contributed by atoms with Crippen LogP contribution < -0.4 is 5.32 Å². The lowest BCUT2D eigenvalue weighted by Crippen LogP contribution is -2.46. The first-order valence-corrected chi connectivity index (χ1v) is 6.96. The summed E-state index contributed by atoms with van der Waals surface area (Å²) < 4.78 is 0. The SMILES string of the molecule is CCC(C)N1CC(CN(C)C)NCC(C)(C)C1. The minimum atomic E-state index is 0.379. The molecule has 17 heavy (non-hydrogen) atoms. The summed E-state index contributed by atoms with van der Waals surface area (Å²) in [4.78, 5) is 4.94. The highest BCUT2D eigenvalue weighted by molar-refractivity contribution is 4.88. The first-order valence-electron chi connectivity index (χ1n) is 6.96. The van der Waals surface area contributed by atoms with E-state index in [0.717, 1.165) is 13.1 Å². The summed E-state index contributed by atoms with van der Waals surface area (Å²) in [5, 5.41) is 3.73. The van der Waals surface area contributed by atoms with Gasteiger partial charge in [-0.2, -0.15) is 0 Å². The van der Waals surface area contributed by atoms with Gasteiger partial charge in [-0.3, -0.25) is 4.90 Å². The van der Waals surface area contributed by atoms with Gasteiger partial charge in [-0.15, -0.1) is 0 Å². The van der Waals surface area contributed by atoms with Gasteiger partial charge in [-0.1, -0.05) is 20.8 Å². The molecule has 1 saturated heterocycles. The summed E-state index contributed by atoms with van der Waals surface area (Å²) in [6.07, 6.45) is 1.24. The molecule has 1 N–H and O–H groups in total. The Hall–Kier alpha value is -0.120. The molecule has 1 aliphatic rings. The van der Waals surface area contributed by atoms with Gasteiger partial charge in [0.2, 0.25) is 0 Å². The lowest BCUT2D eigenvalue weighted by Gasteiger charge is -2.33. The zero-order valence-electron chi connectivity index (χ0n) is 12.6. The van der Waals surface area contributed by atoms with E-state index in [0.29, 0.717) is 17.5 Å². The number of likely N-dealkylation sites (N-methyl/N-ethyl adjacent to an activating group) is 1. The van der Waals surface area contributed by atoms with Crippen LogP contribution in [0.5, 0.6) is 0 Å². The Morgan fingerprint density at radius 2 is 2.06 bits per heavy atom. The molecule has 0 aromatic heterocycles. The van der Waals surface area contributed by atoms with Crippen LogP contribution in [0.15, 0.2) is 0 Å². The molecule has 0 aliphatic carbocycles. The fourth-order valence-corrected chi connectivity index (χ4v) is 2.60. The second kappa shape index (κ2) is 6.17. The molecule has 0 aromatic rings. The maximum Gasteiger partial charge on any atom is 0.0322 e. The van der Waals surface area contributed by atoms with Crippen molar-refractivity contribution in [2.24, 2.45) is 5.41 Å². The summed E-state index contributed by atoms with van der Waals surface area (Å²) in [7, 11) is 4.32. The molecule has 1 fully saturated rings. The highest BCUT2D eigenvalue weighted by Gasteiger charge is 2.30. The van der Waals surface area contributed by atoms with Crippen LogP contribution in [-0.4, -0.2) is 62.2 Å². The second-order valence-corrected chi connectivity index (χ2v) is 6.69. The fourth-order valence-electron chi connectivity index (χ4n) is 2.60. The molecular weight excluding hydrogens is 210 g/mol. The maximum absolute atomic E-state index is 3.73. The molecule has 2 unspecified atom stereocenters. The molecule has 0 saturated carbocycles. The number of hydrogen-bond acceptors (Lipinski definition) is 3. The van der Waals surface area contributed by atoms with E-state index in [4.69, 9.17) is 0 Å². The van der Waals surface area contributed by atoms with E-state index < -0.39 is 0 Å². The molecular formula is C14H31N3. The first-order chi connectivity index (χ1) is 7.84. The van der Waals surface area contributed by atoms with E-state index in [1.165, 1.54) is 19.5 Å². The van der Waals surface area contributed by atoms with Gasteiger partial charge in [-0.25, -0.2) is 0 Å². The Balaban J connectivity index is 2.67. The standard InChI is InChI=1S/C14H31N3/c1-7-12(2)17-9-13(8-16(5)6)15-10-14(3,4)11-17/h12-13,15H,7-11H2,1-6H3. The topological polar surface area (TPSA) is 18.5 Å². The number of nitrogens with zero attached hydrogens (tertiary/aromatic N) is 2. The average Bonchev–Trinajstić information content (AvgIpc) is 2.36. The summed E-state index contributed by atoms with van der Waals surface area (Å²) in [5.74, 6) is 0. The third-order valence-electron chi connectivity index (χ3n) is 3.76. The Morgan fingerprint density at radius 3 is 2.59 bits per heavy atom. The zero-order valence-corrected chi connectivity index (χ0v) is 12.6. The van der Waals surface area contributed by atoms with Gasteiger partial charge in [0.25, 0.3) is 0 Å². The van der Waals surface area contributed by atoms with E-state index in [1.54, 1.807) is 0 Å². The van der Waals surface area contributed by atoms with Crippen molar-refractivity contribution < 1.29 is 0 Å². The molecule has 3 nitrogen and oxygen atoms in total. The highest BCUT2D eigenvalue weighted by Crippen LogP contribution is 2.21. The molecule has 102 valence electrons. The molecule has 1 heterocycles. The van der Waals surface area contributed by atoms with Crippen LogP contribution in [-0.2, 0) is 0 Å². The predicted molar refractivity (Wildman–Crippen MR) is 75.5 cm³/mol. The Labute approximate surface area is 108 Å². The van der Waals surface area contributed by atoms with E-state index >= 15 is 0 Å². The van der Waals surface area contributed by atoms with Crippen LogP contribution in [0.4, 0.5) is 0 Å². The fraction of sp³-hybridized carbons (Fsp3) is 1.00. The third-order valence-corrected chi connectivity index (χ3v) is 3.76. The van der Waals surface area contributed by atoms with Crippen molar-refractivity contribution in [1.29, 1.82) is 0 Å². The molecule has 1 aliphatic heterocycles. The van der Waals surface area contributed by atoms with Crippen molar-refractivity contribution >= 4 is 0 Å². The van der Waals surface area contributed by atoms with Gasteiger partial charge in [0.05, 0.1) is 0 Å². The number of hydrogen-bond donors (Lipinski definition) is 1. The molecule has 0 aromatic carbocycles. The second-order valence-electron chi connectivity index (χ2n) is 6.69. The van der Waals surface area contributed by atoms with E-state index in [-0.39, 0.29) is 0 Å². The van der Waals surface area contributed by atoms with Crippen LogP contribution in [0.1, 0.15) is 34.1 Å². The molecule has 0 radical (unpaired) electrons. The minimum Gasteiger partial charge on any atom is -0.311 e. The predicted octanol–water partition coefficient (Wildman–Crippen LogP) is 1.65. The summed E-state index contributed by atoms with van der Waals surface area (Å²) in [5.41, 5.74) is 0.379. The van der Waals surface area contributed by atoms with E-state index in [2.05, 4.69) is 56.9 Å². The minimum absolute atomic E-state index is 0.379. The van der Waals surface area contributed by atoms with E-state index in [9.17, 15) is 0 Å². The van der Waals surface area contributed by atoms with Crippen LogP contribution in [0.2, 0.25) is 0 Å². The van der Waals surface area contributed by atoms with Gasteiger partial charge in [0.1, 0.15) is 0 Å². The van der Waals surface area contributed by atoms with Gasteiger partial charge < -0.3 is 10.2 Å². The van der Waals surface area contributed by atoms with Gasteiger partial charge in [-0.05, 0) is 32.9 Å². The van der Waals surface area contributed by atoms with Crippen LogP contribution in [0, 0.1) is 5.41 Å². The molecule has 3 heteroatoms. The summed E-state index contributed by atoms with van der Waals surface area (Å²) >= 11 is 0. The summed E-state index contributed by atoms with van der Waals surface area (Å²) in [6.45, 7) is 14.0. The third kappa shape index (κ3) is 4.94. The van der Waals surface area contributed by atoms with Gasteiger partial charge >= 0.3 is 0 Å². The smallest absolute Gasteiger partial charge is 0.0322 e. The Bertz CT molecular complexity index is 226. The van der Waals surface area contributed by atoms with Crippen molar-refractivity contribution in [2.45, 2.75) is 46.2 Å². The quantitative estimate of drug-likeness (QED) is 0.807. The monoisotopic (exact) mass is 241 g/mol. The number of nitrogens with one attached hydrogen (secondary N) is 1. The normalized spacial score (nSPS) is 28.1. The number of rotatable bonds is 4. The van der Waals surface area contributed by atoms with Crippen molar-refractivity contribution in [1.82, 2.24) is 15.1 Å². The van der Waals surface area contributed by atoms with Crippen LogP contribution in [0.25, 0.3) is 0 Å². The van der Waals surface area contributed by atoms with Crippen molar-refractivity contribution in [3.63, 3.8) is 0 Å². The van der Waals surface area contributed by atoms with Crippen molar-refractivity contribution in [2.75, 3.05) is 40.3 Å². The average molecular weight is 241 g/mol. The van der Waals surface area contributed by atoms with Crippen molar-refractivity contribution in [3.8, 4) is 0 Å². The molecule has 0 amide bonds. The Morgan fingerprint density at radius 1 is 1.41 bits per heavy atom. The Kier molecular flexibility index (Phi) is 5.42. The van der Waals surface area contributed by atoms with Gasteiger partial charge in [0, 0.05) is 38.3 Å². The molecule has 0 spiro atoms. The zero-order chi connectivity index (χ0) is 13.1. The van der Waals surface area contributed by atoms with Crippen LogP contribution >= 0.6 is 0 Å². The van der Waals surface area contributed by atoms with Crippen molar-refractivity contribution in [3.05, 3.63) is 0 Å². The maximum atomic E-state index is 3.73. The molecule has 2 atom stereocenters. The van der Waals surface area contributed by atoms with Gasteiger partial charge in [0.15, 0.2) is 0 Å².